The Morgan fingerprint density at radius 1 is 1.27 bits per heavy atom. The number of thiophene rings is 1. The standard InChI is InChI=1S/C20H23ClN4O4S/c1-5-29-19(27)16-12(2)17(15(26)11-25(3)4)30-18(16)23-20(28)24-22-10-13-8-6-7-9-14(13)21/h6-10H,5,11H2,1-4H3,(H2,23,24,28)/b22-10+. The first-order chi connectivity index (χ1) is 14.2. The van der Waals surface area contributed by atoms with E-state index in [2.05, 4.69) is 15.8 Å². The van der Waals surface area contributed by atoms with Crippen LogP contribution in [0.2, 0.25) is 5.02 Å². The average Bonchev–Trinajstić information content (AvgIpc) is 2.99. The molecule has 160 valence electrons. The second kappa shape index (κ2) is 10.9. The van der Waals surface area contributed by atoms with Gasteiger partial charge in [0.25, 0.3) is 0 Å². The van der Waals surface area contributed by atoms with Gasteiger partial charge in [0.15, 0.2) is 5.78 Å². The van der Waals surface area contributed by atoms with Gasteiger partial charge in [-0.15, -0.1) is 11.3 Å². The van der Waals surface area contributed by atoms with Gasteiger partial charge in [0, 0.05) is 10.6 Å². The molecule has 0 atom stereocenters. The van der Waals surface area contributed by atoms with E-state index in [0.29, 0.717) is 21.0 Å². The van der Waals surface area contributed by atoms with E-state index in [1.165, 1.54) is 6.21 Å². The molecule has 0 aliphatic rings. The van der Waals surface area contributed by atoms with Crippen LogP contribution in [0.3, 0.4) is 0 Å². The second-order valence-electron chi connectivity index (χ2n) is 6.49. The van der Waals surface area contributed by atoms with Crippen molar-refractivity contribution in [2.24, 2.45) is 5.10 Å². The summed E-state index contributed by atoms with van der Waals surface area (Å²) in [5.74, 6) is -0.761. The van der Waals surface area contributed by atoms with Crippen LogP contribution in [0.4, 0.5) is 9.80 Å². The van der Waals surface area contributed by atoms with Crippen LogP contribution in [0.25, 0.3) is 0 Å². The van der Waals surface area contributed by atoms with Gasteiger partial charge in [-0.1, -0.05) is 29.8 Å². The van der Waals surface area contributed by atoms with Gasteiger partial charge >= 0.3 is 12.0 Å². The SMILES string of the molecule is CCOC(=O)c1c(NC(=O)N/N=C/c2ccccc2Cl)sc(C(=O)CN(C)C)c1C. The number of urea groups is 1. The Morgan fingerprint density at radius 2 is 1.97 bits per heavy atom. The van der Waals surface area contributed by atoms with Crippen LogP contribution in [-0.4, -0.2) is 56.1 Å². The van der Waals surface area contributed by atoms with E-state index in [1.54, 1.807) is 57.1 Å². The molecule has 1 aromatic heterocycles. The minimum atomic E-state index is -0.670. The molecule has 0 unspecified atom stereocenters. The zero-order valence-electron chi connectivity index (χ0n) is 17.1. The molecule has 2 amide bonds. The summed E-state index contributed by atoms with van der Waals surface area (Å²) >= 11 is 7.06. The molecule has 0 bridgehead atoms. The third-order valence-corrected chi connectivity index (χ3v) is 5.43. The molecule has 2 aromatic rings. The van der Waals surface area contributed by atoms with E-state index in [4.69, 9.17) is 16.3 Å². The van der Waals surface area contributed by atoms with Gasteiger partial charge in [-0.05, 0) is 39.6 Å². The van der Waals surface area contributed by atoms with Gasteiger partial charge in [0.1, 0.15) is 5.00 Å². The number of ether oxygens (including phenoxy) is 1. The Kier molecular flexibility index (Phi) is 8.52. The van der Waals surface area contributed by atoms with E-state index in [-0.39, 0.29) is 29.5 Å². The summed E-state index contributed by atoms with van der Waals surface area (Å²) < 4.78 is 5.09. The van der Waals surface area contributed by atoms with Crippen molar-refractivity contribution in [3.05, 3.63) is 50.9 Å². The van der Waals surface area contributed by atoms with Gasteiger partial charge in [0.05, 0.1) is 29.8 Å². The van der Waals surface area contributed by atoms with Gasteiger partial charge in [-0.2, -0.15) is 5.10 Å². The Labute approximate surface area is 183 Å². The summed E-state index contributed by atoms with van der Waals surface area (Å²) in [6.07, 6.45) is 1.40. The van der Waals surface area contributed by atoms with Crippen molar-refractivity contribution in [3.63, 3.8) is 0 Å². The molecule has 0 radical (unpaired) electrons. The highest BCUT2D eigenvalue weighted by atomic mass is 35.5. The second-order valence-corrected chi connectivity index (χ2v) is 7.92. The fourth-order valence-corrected chi connectivity index (χ4v) is 3.85. The zero-order valence-corrected chi connectivity index (χ0v) is 18.7. The highest BCUT2D eigenvalue weighted by molar-refractivity contribution is 7.18. The topological polar surface area (TPSA) is 100 Å². The molecule has 0 fully saturated rings. The smallest absolute Gasteiger partial charge is 0.341 e. The van der Waals surface area contributed by atoms with Gasteiger partial charge in [-0.25, -0.2) is 15.0 Å². The van der Waals surface area contributed by atoms with E-state index in [0.717, 1.165) is 11.3 Å². The van der Waals surface area contributed by atoms with Crippen molar-refractivity contribution < 1.29 is 19.1 Å². The van der Waals surface area contributed by atoms with Gasteiger partial charge < -0.3 is 9.64 Å². The summed E-state index contributed by atoms with van der Waals surface area (Å²) in [4.78, 5) is 39.3. The molecular formula is C20H23ClN4O4S. The van der Waals surface area contributed by atoms with E-state index in [9.17, 15) is 14.4 Å². The third kappa shape index (κ3) is 6.12. The molecule has 0 saturated heterocycles. The number of benzene rings is 1. The molecule has 30 heavy (non-hydrogen) atoms. The first-order valence-corrected chi connectivity index (χ1v) is 10.3. The number of hydrogen-bond acceptors (Lipinski definition) is 7. The number of carbonyl (C=O) groups is 3. The number of likely N-dealkylation sites (N-methyl/N-ethyl adjacent to an activating group) is 1. The molecule has 8 nitrogen and oxygen atoms in total. The molecule has 1 heterocycles. The largest absolute Gasteiger partial charge is 0.462 e. The van der Waals surface area contributed by atoms with Crippen molar-refractivity contribution >= 4 is 51.9 Å². The summed E-state index contributed by atoms with van der Waals surface area (Å²) in [6, 6.07) is 6.35. The van der Waals surface area contributed by atoms with Crippen molar-refractivity contribution in [2.75, 3.05) is 32.6 Å². The maximum atomic E-state index is 12.5. The highest BCUT2D eigenvalue weighted by Gasteiger charge is 2.26. The van der Waals surface area contributed by atoms with Crippen LogP contribution in [0.5, 0.6) is 0 Å². The Bertz CT molecular complexity index is 972. The zero-order chi connectivity index (χ0) is 22.3. The minimum absolute atomic E-state index is 0.154. The maximum absolute atomic E-state index is 12.5. The first-order valence-electron chi connectivity index (χ1n) is 9.07. The Hall–Kier alpha value is -2.75. The monoisotopic (exact) mass is 450 g/mol. The van der Waals surface area contributed by atoms with Crippen LogP contribution in [0.1, 0.15) is 38.1 Å². The van der Waals surface area contributed by atoms with Gasteiger partial charge in [0.2, 0.25) is 0 Å². The van der Waals surface area contributed by atoms with Crippen LogP contribution >= 0.6 is 22.9 Å². The molecule has 0 saturated carbocycles. The number of amides is 2. The molecule has 0 aliphatic carbocycles. The molecule has 2 N–H and O–H groups in total. The fraction of sp³-hybridized carbons (Fsp3) is 0.300. The van der Waals surface area contributed by atoms with Crippen LogP contribution in [-0.2, 0) is 4.74 Å². The lowest BCUT2D eigenvalue weighted by atomic mass is 10.1. The summed E-state index contributed by atoms with van der Waals surface area (Å²) in [5.41, 5.74) is 3.59. The minimum Gasteiger partial charge on any atom is -0.462 e. The Balaban J connectivity index is 2.21. The normalized spacial score (nSPS) is 11.0. The van der Waals surface area contributed by atoms with Crippen LogP contribution in [0.15, 0.2) is 29.4 Å². The van der Waals surface area contributed by atoms with Gasteiger partial charge in [-0.3, -0.25) is 10.1 Å². The number of esters is 1. The predicted octanol–water partition coefficient (Wildman–Crippen LogP) is 3.79. The lowest BCUT2D eigenvalue weighted by Crippen LogP contribution is -2.24. The molecule has 10 heteroatoms. The molecular weight excluding hydrogens is 428 g/mol. The molecule has 2 rings (SSSR count). The maximum Gasteiger partial charge on any atom is 0.341 e. The number of anilines is 1. The number of nitrogens with one attached hydrogen (secondary N) is 2. The lowest BCUT2D eigenvalue weighted by molar-refractivity contribution is 0.0527. The number of halogens is 1. The summed E-state index contributed by atoms with van der Waals surface area (Å²) in [6.45, 7) is 3.69. The van der Waals surface area contributed by atoms with Crippen molar-refractivity contribution in [3.8, 4) is 0 Å². The Morgan fingerprint density at radius 3 is 2.60 bits per heavy atom. The average molecular weight is 451 g/mol. The molecule has 0 spiro atoms. The van der Waals surface area contributed by atoms with E-state index in [1.807, 2.05) is 0 Å². The highest BCUT2D eigenvalue weighted by Crippen LogP contribution is 2.34. The van der Waals surface area contributed by atoms with Crippen LogP contribution in [0, 0.1) is 6.92 Å². The first kappa shape index (κ1) is 23.5. The predicted molar refractivity (Wildman–Crippen MR) is 119 cm³/mol. The van der Waals surface area contributed by atoms with Crippen LogP contribution < -0.4 is 10.7 Å². The summed E-state index contributed by atoms with van der Waals surface area (Å²) in [7, 11) is 3.55. The molecule has 0 aliphatic heterocycles. The number of rotatable bonds is 8. The number of carbonyl (C=O) groups excluding carboxylic acids is 3. The quantitative estimate of drug-likeness (QED) is 0.276. The summed E-state index contributed by atoms with van der Waals surface area (Å²) in [5, 5.41) is 7.14. The number of ketones is 1. The number of nitrogens with zero attached hydrogens (tertiary/aromatic N) is 2. The fourth-order valence-electron chi connectivity index (χ4n) is 2.55. The number of hydrazone groups is 1. The van der Waals surface area contributed by atoms with E-state index < -0.39 is 12.0 Å². The molecule has 1 aromatic carbocycles. The number of hydrogen-bond donors (Lipinski definition) is 2. The van der Waals surface area contributed by atoms with E-state index >= 15 is 0 Å². The lowest BCUT2D eigenvalue weighted by Gasteiger charge is -2.07. The van der Waals surface area contributed by atoms with Crippen molar-refractivity contribution in [1.29, 1.82) is 0 Å². The third-order valence-electron chi connectivity index (χ3n) is 3.84. The van der Waals surface area contributed by atoms with Crippen molar-refractivity contribution in [1.82, 2.24) is 10.3 Å². The number of Topliss-reactive ketones (excluding diaryl/α,β-unsaturated/α-hetero) is 1. The van der Waals surface area contributed by atoms with Crippen molar-refractivity contribution in [2.45, 2.75) is 13.8 Å².